The number of pyridine rings is 1. The summed E-state index contributed by atoms with van der Waals surface area (Å²) in [6.45, 7) is 0.952. The second-order valence-corrected chi connectivity index (χ2v) is 7.22. The van der Waals surface area contributed by atoms with Gasteiger partial charge in [0.1, 0.15) is 6.17 Å². The van der Waals surface area contributed by atoms with E-state index in [-0.39, 0.29) is 12.2 Å². The van der Waals surface area contributed by atoms with Crippen molar-refractivity contribution < 1.29 is 9.47 Å². The molecule has 1 aromatic heterocycles. The van der Waals surface area contributed by atoms with Gasteiger partial charge >= 0.3 is 0 Å². The fourth-order valence-electron chi connectivity index (χ4n) is 4.50. The van der Waals surface area contributed by atoms with Crippen LogP contribution in [-0.4, -0.2) is 30.6 Å². The number of aromatic nitrogens is 1. The molecule has 2 aromatic carbocycles. The van der Waals surface area contributed by atoms with Gasteiger partial charge in [0.2, 0.25) is 0 Å². The zero-order chi connectivity index (χ0) is 19.1. The van der Waals surface area contributed by atoms with Crippen molar-refractivity contribution in [3.05, 3.63) is 83.2 Å². The highest BCUT2D eigenvalue weighted by molar-refractivity contribution is 5.61. The van der Waals surface area contributed by atoms with Crippen molar-refractivity contribution >= 4 is 5.69 Å². The smallest absolute Gasteiger partial charge is 0.161 e. The third-order valence-electron chi connectivity index (χ3n) is 5.79. The van der Waals surface area contributed by atoms with E-state index in [4.69, 9.17) is 9.47 Å². The highest BCUT2D eigenvalue weighted by Gasteiger charge is 2.39. The van der Waals surface area contributed by atoms with Gasteiger partial charge in [-0.15, -0.1) is 0 Å². The van der Waals surface area contributed by atoms with Gasteiger partial charge in [0.15, 0.2) is 11.5 Å². The number of nitrogens with one attached hydrogen (secondary N) is 1. The van der Waals surface area contributed by atoms with Crippen molar-refractivity contribution in [1.82, 2.24) is 9.88 Å². The largest absolute Gasteiger partial charge is 0.493 e. The summed E-state index contributed by atoms with van der Waals surface area (Å²) in [5.41, 5.74) is 6.23. The Morgan fingerprint density at radius 3 is 2.61 bits per heavy atom. The lowest BCUT2D eigenvalue weighted by Crippen LogP contribution is -2.45. The Hall–Kier alpha value is -3.05. The summed E-state index contributed by atoms with van der Waals surface area (Å²) in [5, 5.41) is 3.72. The Labute approximate surface area is 164 Å². The number of fused-ring (bicyclic) bond motifs is 5. The molecule has 2 aliphatic heterocycles. The summed E-state index contributed by atoms with van der Waals surface area (Å²) in [6.07, 6.45) is 4.81. The first-order valence-corrected chi connectivity index (χ1v) is 9.56. The average Bonchev–Trinajstić information content (AvgIpc) is 2.77. The van der Waals surface area contributed by atoms with Crippen LogP contribution in [0, 0.1) is 0 Å². The summed E-state index contributed by atoms with van der Waals surface area (Å²) in [6, 6.07) is 17.1. The quantitative estimate of drug-likeness (QED) is 0.747. The van der Waals surface area contributed by atoms with Crippen LogP contribution in [0.3, 0.4) is 0 Å². The van der Waals surface area contributed by atoms with Gasteiger partial charge in [-0.05, 0) is 47.4 Å². The maximum atomic E-state index is 5.61. The second kappa shape index (κ2) is 6.84. The molecule has 3 aromatic rings. The van der Waals surface area contributed by atoms with Crippen molar-refractivity contribution in [2.45, 2.75) is 18.6 Å². The molecule has 0 amide bonds. The van der Waals surface area contributed by atoms with Gasteiger partial charge < -0.3 is 14.8 Å². The Balaban J connectivity index is 1.69. The molecule has 0 spiro atoms. The molecular weight excluding hydrogens is 350 g/mol. The third-order valence-corrected chi connectivity index (χ3v) is 5.79. The molecule has 1 N–H and O–H groups in total. The molecule has 0 radical (unpaired) electrons. The number of para-hydroxylation sites is 1. The predicted molar refractivity (Wildman–Crippen MR) is 109 cm³/mol. The molecule has 0 saturated heterocycles. The highest BCUT2D eigenvalue weighted by Crippen LogP contribution is 2.48. The average molecular weight is 373 g/mol. The summed E-state index contributed by atoms with van der Waals surface area (Å²) in [4.78, 5) is 6.87. The van der Waals surface area contributed by atoms with E-state index in [1.54, 1.807) is 14.2 Å². The summed E-state index contributed by atoms with van der Waals surface area (Å²) in [7, 11) is 3.39. The second-order valence-electron chi connectivity index (χ2n) is 7.22. The van der Waals surface area contributed by atoms with E-state index in [0.717, 1.165) is 24.5 Å². The van der Waals surface area contributed by atoms with Gasteiger partial charge in [0, 0.05) is 30.2 Å². The molecule has 2 atom stereocenters. The Kier molecular flexibility index (Phi) is 4.17. The number of benzene rings is 2. The SMILES string of the molecule is COc1cc2c(cc1OC)C1c3ccccc3NC(c3cccnc3)N1CC2. The maximum absolute atomic E-state index is 5.61. The number of hydrogen-bond donors (Lipinski definition) is 1. The lowest BCUT2D eigenvalue weighted by molar-refractivity contribution is 0.153. The van der Waals surface area contributed by atoms with Crippen LogP contribution in [0.5, 0.6) is 11.5 Å². The monoisotopic (exact) mass is 373 g/mol. The van der Waals surface area contributed by atoms with E-state index in [1.807, 2.05) is 18.5 Å². The van der Waals surface area contributed by atoms with Crippen molar-refractivity contribution in [2.75, 3.05) is 26.1 Å². The molecule has 2 aliphatic rings. The standard InChI is InChI=1S/C23H23N3O2/c1-27-20-12-15-9-11-26-22(18(15)13-21(20)28-2)17-7-3-4-8-19(17)25-23(26)16-6-5-10-24-14-16/h3-8,10,12-14,22-23,25H,9,11H2,1-2H3. The fourth-order valence-corrected chi connectivity index (χ4v) is 4.50. The van der Waals surface area contributed by atoms with Crippen LogP contribution < -0.4 is 14.8 Å². The number of methoxy groups -OCH3 is 2. The van der Waals surface area contributed by atoms with Crippen LogP contribution in [0.2, 0.25) is 0 Å². The maximum Gasteiger partial charge on any atom is 0.161 e. The summed E-state index contributed by atoms with van der Waals surface area (Å²) in [5.74, 6) is 1.57. The number of anilines is 1. The van der Waals surface area contributed by atoms with E-state index in [0.29, 0.717) is 0 Å². The van der Waals surface area contributed by atoms with E-state index >= 15 is 0 Å². The van der Waals surface area contributed by atoms with E-state index in [9.17, 15) is 0 Å². The van der Waals surface area contributed by atoms with Crippen molar-refractivity contribution in [3.8, 4) is 11.5 Å². The van der Waals surface area contributed by atoms with Crippen LogP contribution in [-0.2, 0) is 6.42 Å². The van der Waals surface area contributed by atoms with Gasteiger partial charge in [0.25, 0.3) is 0 Å². The third kappa shape index (κ3) is 2.62. The molecule has 28 heavy (non-hydrogen) atoms. The van der Waals surface area contributed by atoms with Crippen LogP contribution in [0.1, 0.15) is 34.5 Å². The zero-order valence-corrected chi connectivity index (χ0v) is 16.1. The molecule has 3 heterocycles. The first-order chi connectivity index (χ1) is 13.8. The minimum Gasteiger partial charge on any atom is -0.493 e. The van der Waals surface area contributed by atoms with Gasteiger partial charge in [-0.2, -0.15) is 0 Å². The van der Waals surface area contributed by atoms with Crippen LogP contribution >= 0.6 is 0 Å². The lowest BCUT2D eigenvalue weighted by Gasteiger charge is -2.47. The molecule has 5 nitrogen and oxygen atoms in total. The minimum atomic E-state index is 0.0786. The topological polar surface area (TPSA) is 46.6 Å². The normalized spacial score (nSPS) is 20.4. The highest BCUT2D eigenvalue weighted by atomic mass is 16.5. The van der Waals surface area contributed by atoms with Crippen LogP contribution in [0.25, 0.3) is 0 Å². The Morgan fingerprint density at radius 2 is 1.82 bits per heavy atom. The van der Waals surface area contributed by atoms with Gasteiger partial charge in [-0.3, -0.25) is 9.88 Å². The van der Waals surface area contributed by atoms with Crippen LogP contribution in [0.15, 0.2) is 60.9 Å². The molecular formula is C23H23N3O2. The number of nitrogens with zero attached hydrogens (tertiary/aromatic N) is 2. The zero-order valence-electron chi connectivity index (χ0n) is 16.1. The van der Waals surface area contributed by atoms with Gasteiger partial charge in [-0.25, -0.2) is 0 Å². The van der Waals surface area contributed by atoms with Crippen molar-refractivity contribution in [1.29, 1.82) is 0 Å². The van der Waals surface area contributed by atoms with Crippen molar-refractivity contribution in [3.63, 3.8) is 0 Å². The minimum absolute atomic E-state index is 0.0786. The summed E-state index contributed by atoms with van der Waals surface area (Å²) < 4.78 is 11.2. The lowest BCUT2D eigenvalue weighted by atomic mass is 9.84. The molecule has 0 saturated carbocycles. The number of rotatable bonds is 3. The number of hydrogen-bond acceptors (Lipinski definition) is 5. The molecule has 0 fully saturated rings. The molecule has 0 bridgehead atoms. The Bertz CT molecular complexity index is 1010. The predicted octanol–water partition coefficient (Wildman–Crippen LogP) is 4.17. The van der Waals surface area contributed by atoms with E-state index in [2.05, 4.69) is 57.7 Å². The van der Waals surface area contributed by atoms with Gasteiger partial charge in [-0.1, -0.05) is 24.3 Å². The fraction of sp³-hybridized carbons (Fsp3) is 0.261. The van der Waals surface area contributed by atoms with Gasteiger partial charge in [0.05, 0.1) is 20.3 Å². The van der Waals surface area contributed by atoms with E-state index < -0.39 is 0 Å². The molecule has 142 valence electrons. The Morgan fingerprint density at radius 1 is 1.00 bits per heavy atom. The van der Waals surface area contributed by atoms with Crippen LogP contribution in [0.4, 0.5) is 5.69 Å². The first-order valence-electron chi connectivity index (χ1n) is 9.56. The molecule has 0 aliphatic carbocycles. The summed E-state index contributed by atoms with van der Waals surface area (Å²) >= 11 is 0. The molecule has 5 heteroatoms. The van der Waals surface area contributed by atoms with Crippen molar-refractivity contribution in [2.24, 2.45) is 0 Å². The number of ether oxygens (including phenoxy) is 2. The van der Waals surface area contributed by atoms with E-state index in [1.165, 1.54) is 27.9 Å². The first kappa shape index (κ1) is 17.1. The molecule has 2 unspecified atom stereocenters. The molecule has 5 rings (SSSR count).